The van der Waals surface area contributed by atoms with Gasteiger partial charge in [0.25, 0.3) is 0 Å². The second-order valence-corrected chi connectivity index (χ2v) is 7.33. The number of hydrogen-bond donors (Lipinski definition) is 0. The van der Waals surface area contributed by atoms with Crippen molar-refractivity contribution in [3.63, 3.8) is 0 Å². The van der Waals surface area contributed by atoms with Gasteiger partial charge < -0.3 is 4.74 Å². The number of hydrogen-bond acceptors (Lipinski definition) is 3. The third kappa shape index (κ3) is 5.35. The molecule has 3 rings (SSSR count). The standard InChI is InChI=1S/C21H19Cl3N2O/c1-2-18-21(24)19(26-13-25-18)5-3-4-14-6-9-16(10-7-14)27-20-11-8-15(22)12-17(20)23/h6-13H,2-5H2,1H3. The second-order valence-electron chi connectivity index (χ2n) is 6.11. The molecular formula is C21H19Cl3N2O. The summed E-state index contributed by atoms with van der Waals surface area (Å²) in [6.45, 7) is 2.04. The molecule has 0 amide bonds. The minimum Gasteiger partial charge on any atom is -0.456 e. The van der Waals surface area contributed by atoms with Crippen molar-refractivity contribution in [1.29, 1.82) is 0 Å². The fraction of sp³-hybridized carbons (Fsp3) is 0.238. The van der Waals surface area contributed by atoms with Gasteiger partial charge in [0.15, 0.2) is 0 Å². The lowest BCUT2D eigenvalue weighted by molar-refractivity contribution is 0.482. The van der Waals surface area contributed by atoms with Crippen LogP contribution >= 0.6 is 34.8 Å². The van der Waals surface area contributed by atoms with Crippen LogP contribution in [0.4, 0.5) is 0 Å². The monoisotopic (exact) mass is 420 g/mol. The van der Waals surface area contributed by atoms with Crippen molar-refractivity contribution in [1.82, 2.24) is 9.97 Å². The normalized spacial score (nSPS) is 10.8. The van der Waals surface area contributed by atoms with Crippen LogP contribution in [0.15, 0.2) is 48.8 Å². The first-order valence-electron chi connectivity index (χ1n) is 8.77. The minimum absolute atomic E-state index is 0.486. The molecule has 3 aromatic rings. The molecule has 0 saturated heterocycles. The molecule has 0 saturated carbocycles. The molecule has 1 heterocycles. The number of aromatic nitrogens is 2. The van der Waals surface area contributed by atoms with Crippen molar-refractivity contribution < 1.29 is 4.74 Å². The Bertz CT molecular complexity index is 914. The van der Waals surface area contributed by atoms with E-state index in [-0.39, 0.29) is 0 Å². The summed E-state index contributed by atoms with van der Waals surface area (Å²) in [6, 6.07) is 13.2. The van der Waals surface area contributed by atoms with Gasteiger partial charge in [0.2, 0.25) is 0 Å². The number of ether oxygens (including phenoxy) is 1. The fourth-order valence-corrected chi connectivity index (χ4v) is 3.51. The minimum atomic E-state index is 0.486. The average molecular weight is 422 g/mol. The van der Waals surface area contributed by atoms with E-state index in [1.807, 2.05) is 19.1 Å². The van der Waals surface area contributed by atoms with Crippen molar-refractivity contribution in [2.45, 2.75) is 32.6 Å². The van der Waals surface area contributed by atoms with Gasteiger partial charge in [0.1, 0.15) is 17.8 Å². The van der Waals surface area contributed by atoms with Crippen LogP contribution in [0.2, 0.25) is 15.1 Å². The predicted molar refractivity (Wildman–Crippen MR) is 111 cm³/mol. The van der Waals surface area contributed by atoms with Crippen LogP contribution in [0.25, 0.3) is 0 Å². The van der Waals surface area contributed by atoms with E-state index in [1.54, 1.807) is 24.5 Å². The third-order valence-corrected chi connectivity index (χ3v) is 5.16. The van der Waals surface area contributed by atoms with E-state index in [9.17, 15) is 0 Å². The lowest BCUT2D eigenvalue weighted by atomic mass is 10.1. The van der Waals surface area contributed by atoms with E-state index < -0.39 is 0 Å². The van der Waals surface area contributed by atoms with Gasteiger partial charge in [0, 0.05) is 5.02 Å². The maximum atomic E-state index is 6.35. The SMILES string of the molecule is CCc1ncnc(CCCc2ccc(Oc3ccc(Cl)cc3Cl)cc2)c1Cl. The van der Waals surface area contributed by atoms with Crippen molar-refractivity contribution >= 4 is 34.8 Å². The van der Waals surface area contributed by atoms with E-state index in [0.29, 0.717) is 20.8 Å². The molecule has 0 aliphatic rings. The summed E-state index contributed by atoms with van der Waals surface area (Å²) in [4.78, 5) is 8.51. The summed E-state index contributed by atoms with van der Waals surface area (Å²) in [5.41, 5.74) is 3.05. The topological polar surface area (TPSA) is 35.0 Å². The molecule has 27 heavy (non-hydrogen) atoms. The van der Waals surface area contributed by atoms with Gasteiger partial charge in [-0.2, -0.15) is 0 Å². The molecule has 6 heteroatoms. The highest BCUT2D eigenvalue weighted by Gasteiger charge is 2.08. The van der Waals surface area contributed by atoms with Crippen LogP contribution in [-0.4, -0.2) is 9.97 Å². The highest BCUT2D eigenvalue weighted by Crippen LogP contribution is 2.31. The fourth-order valence-electron chi connectivity index (χ4n) is 2.74. The molecular weight excluding hydrogens is 403 g/mol. The smallest absolute Gasteiger partial charge is 0.146 e. The molecule has 1 aromatic heterocycles. The molecule has 2 aromatic carbocycles. The highest BCUT2D eigenvalue weighted by atomic mass is 35.5. The zero-order chi connectivity index (χ0) is 19.2. The van der Waals surface area contributed by atoms with E-state index in [4.69, 9.17) is 39.5 Å². The number of aryl methyl sites for hydroxylation is 3. The predicted octanol–water partition coefficient (Wildman–Crippen LogP) is 6.97. The molecule has 0 atom stereocenters. The quantitative estimate of drug-likeness (QED) is 0.413. The van der Waals surface area contributed by atoms with Gasteiger partial charge in [0.05, 0.1) is 21.4 Å². The van der Waals surface area contributed by atoms with Gasteiger partial charge in [-0.3, -0.25) is 0 Å². The summed E-state index contributed by atoms with van der Waals surface area (Å²) in [5.74, 6) is 1.31. The Kier molecular flexibility index (Phi) is 6.95. The summed E-state index contributed by atoms with van der Waals surface area (Å²) in [5, 5.41) is 1.76. The highest BCUT2D eigenvalue weighted by molar-refractivity contribution is 6.35. The van der Waals surface area contributed by atoms with Crippen LogP contribution in [0.5, 0.6) is 11.5 Å². The first-order chi connectivity index (χ1) is 13.1. The number of nitrogens with zero attached hydrogens (tertiary/aromatic N) is 2. The second kappa shape index (κ2) is 9.41. The van der Waals surface area contributed by atoms with E-state index in [2.05, 4.69) is 22.1 Å². The summed E-state index contributed by atoms with van der Waals surface area (Å²) >= 11 is 18.4. The molecule has 3 nitrogen and oxygen atoms in total. The van der Waals surface area contributed by atoms with Crippen molar-refractivity contribution in [2.75, 3.05) is 0 Å². The van der Waals surface area contributed by atoms with Crippen molar-refractivity contribution in [3.8, 4) is 11.5 Å². The van der Waals surface area contributed by atoms with E-state index >= 15 is 0 Å². The lowest BCUT2D eigenvalue weighted by Gasteiger charge is -2.09. The van der Waals surface area contributed by atoms with Gasteiger partial charge in [-0.25, -0.2) is 9.97 Å². The molecule has 0 aliphatic heterocycles. The Morgan fingerprint density at radius 3 is 2.33 bits per heavy atom. The van der Waals surface area contributed by atoms with E-state index in [0.717, 1.165) is 42.8 Å². The van der Waals surface area contributed by atoms with Crippen LogP contribution < -0.4 is 4.74 Å². The van der Waals surface area contributed by atoms with Gasteiger partial charge in [-0.05, 0) is 61.6 Å². The Labute approximate surface area is 174 Å². The largest absolute Gasteiger partial charge is 0.456 e. The number of halogens is 3. The Hall–Kier alpha value is -1.81. The number of benzene rings is 2. The zero-order valence-electron chi connectivity index (χ0n) is 14.9. The molecule has 0 bridgehead atoms. The molecule has 0 radical (unpaired) electrons. The Morgan fingerprint density at radius 2 is 1.63 bits per heavy atom. The maximum absolute atomic E-state index is 6.35. The summed E-state index contributed by atoms with van der Waals surface area (Å²) in [6.07, 6.45) is 5.13. The molecule has 0 N–H and O–H groups in total. The Balaban J connectivity index is 1.56. The van der Waals surface area contributed by atoms with Crippen LogP contribution in [-0.2, 0) is 19.3 Å². The van der Waals surface area contributed by atoms with E-state index in [1.165, 1.54) is 5.56 Å². The molecule has 0 fully saturated rings. The van der Waals surface area contributed by atoms with Gasteiger partial charge in [-0.15, -0.1) is 0 Å². The van der Waals surface area contributed by atoms with Gasteiger partial charge in [-0.1, -0.05) is 53.9 Å². The van der Waals surface area contributed by atoms with Crippen LogP contribution in [0, 0.1) is 0 Å². The first-order valence-corrected chi connectivity index (χ1v) is 9.90. The molecule has 0 unspecified atom stereocenters. The molecule has 140 valence electrons. The van der Waals surface area contributed by atoms with Crippen molar-refractivity contribution in [2.24, 2.45) is 0 Å². The van der Waals surface area contributed by atoms with Crippen molar-refractivity contribution in [3.05, 3.63) is 80.8 Å². The average Bonchev–Trinajstić information content (AvgIpc) is 2.67. The van der Waals surface area contributed by atoms with Gasteiger partial charge >= 0.3 is 0 Å². The first kappa shape index (κ1) is 19.9. The lowest BCUT2D eigenvalue weighted by Crippen LogP contribution is -1.99. The molecule has 0 spiro atoms. The van der Waals surface area contributed by atoms with Crippen LogP contribution in [0.3, 0.4) is 0 Å². The third-order valence-electron chi connectivity index (χ3n) is 4.19. The Morgan fingerprint density at radius 1 is 0.889 bits per heavy atom. The molecule has 0 aliphatic carbocycles. The zero-order valence-corrected chi connectivity index (χ0v) is 17.2. The van der Waals surface area contributed by atoms with Crippen LogP contribution in [0.1, 0.15) is 30.3 Å². The maximum Gasteiger partial charge on any atom is 0.146 e. The number of rotatable bonds is 7. The summed E-state index contributed by atoms with van der Waals surface area (Å²) in [7, 11) is 0. The summed E-state index contributed by atoms with van der Waals surface area (Å²) < 4.78 is 5.81.